The standard InChI is InChI=1S/C19H22O4/c1-19(14-5-7-15(20-2)8-6-14)16-12-18(22-4)17(21-3)11-13(16)9-10-23-19/h5-8,11-12H,9-10H2,1-4H3. The van der Waals surface area contributed by atoms with Crippen molar-refractivity contribution in [2.75, 3.05) is 27.9 Å². The third-order valence-corrected chi connectivity index (χ3v) is 4.53. The summed E-state index contributed by atoms with van der Waals surface area (Å²) in [4.78, 5) is 0. The SMILES string of the molecule is COc1ccc(C2(C)OCCc3cc(OC)c(OC)cc32)cc1. The molecule has 23 heavy (non-hydrogen) atoms. The van der Waals surface area contributed by atoms with Crippen molar-refractivity contribution in [1.82, 2.24) is 0 Å². The fourth-order valence-electron chi connectivity index (χ4n) is 3.16. The van der Waals surface area contributed by atoms with E-state index in [2.05, 4.69) is 13.0 Å². The summed E-state index contributed by atoms with van der Waals surface area (Å²) >= 11 is 0. The van der Waals surface area contributed by atoms with Gasteiger partial charge in [-0.15, -0.1) is 0 Å². The lowest BCUT2D eigenvalue weighted by Gasteiger charge is -2.37. The molecule has 4 nitrogen and oxygen atoms in total. The Morgan fingerprint density at radius 3 is 2.17 bits per heavy atom. The zero-order valence-electron chi connectivity index (χ0n) is 14.0. The molecule has 0 bridgehead atoms. The summed E-state index contributed by atoms with van der Waals surface area (Å²) in [6.45, 7) is 2.77. The molecule has 0 aromatic heterocycles. The Morgan fingerprint density at radius 1 is 0.913 bits per heavy atom. The second kappa shape index (κ2) is 6.13. The van der Waals surface area contributed by atoms with E-state index in [-0.39, 0.29) is 0 Å². The smallest absolute Gasteiger partial charge is 0.161 e. The van der Waals surface area contributed by atoms with Crippen molar-refractivity contribution < 1.29 is 18.9 Å². The van der Waals surface area contributed by atoms with Gasteiger partial charge in [0.25, 0.3) is 0 Å². The van der Waals surface area contributed by atoms with Crippen molar-refractivity contribution in [2.45, 2.75) is 18.9 Å². The molecule has 0 N–H and O–H groups in total. The van der Waals surface area contributed by atoms with Crippen molar-refractivity contribution in [2.24, 2.45) is 0 Å². The molecule has 0 fully saturated rings. The van der Waals surface area contributed by atoms with Gasteiger partial charge in [-0.3, -0.25) is 0 Å². The Morgan fingerprint density at radius 2 is 1.57 bits per heavy atom. The molecule has 2 aromatic carbocycles. The molecule has 122 valence electrons. The summed E-state index contributed by atoms with van der Waals surface area (Å²) in [5.74, 6) is 2.31. The number of fused-ring (bicyclic) bond motifs is 1. The van der Waals surface area contributed by atoms with Crippen LogP contribution in [0.2, 0.25) is 0 Å². The van der Waals surface area contributed by atoms with E-state index in [1.165, 1.54) is 5.56 Å². The summed E-state index contributed by atoms with van der Waals surface area (Å²) in [6.07, 6.45) is 0.863. The van der Waals surface area contributed by atoms with Crippen LogP contribution < -0.4 is 14.2 Å². The monoisotopic (exact) mass is 314 g/mol. The summed E-state index contributed by atoms with van der Waals surface area (Å²) in [5, 5.41) is 0. The predicted octanol–water partition coefficient (Wildman–Crippen LogP) is 3.55. The largest absolute Gasteiger partial charge is 0.497 e. The zero-order chi connectivity index (χ0) is 16.4. The van der Waals surface area contributed by atoms with Gasteiger partial charge in [0, 0.05) is 0 Å². The van der Waals surface area contributed by atoms with E-state index in [1.54, 1.807) is 21.3 Å². The molecule has 1 unspecified atom stereocenters. The maximum absolute atomic E-state index is 6.19. The van der Waals surface area contributed by atoms with E-state index in [0.717, 1.165) is 34.8 Å². The van der Waals surface area contributed by atoms with E-state index >= 15 is 0 Å². The first-order valence-electron chi connectivity index (χ1n) is 7.66. The van der Waals surface area contributed by atoms with E-state index in [0.29, 0.717) is 6.61 Å². The third kappa shape index (κ3) is 2.63. The quantitative estimate of drug-likeness (QED) is 0.865. The Bertz CT molecular complexity index is 693. The third-order valence-electron chi connectivity index (χ3n) is 4.53. The predicted molar refractivity (Wildman–Crippen MR) is 88.7 cm³/mol. The van der Waals surface area contributed by atoms with Crippen LogP contribution in [0.3, 0.4) is 0 Å². The van der Waals surface area contributed by atoms with Crippen LogP contribution in [-0.4, -0.2) is 27.9 Å². The van der Waals surface area contributed by atoms with Gasteiger partial charge < -0.3 is 18.9 Å². The van der Waals surface area contributed by atoms with Crippen molar-refractivity contribution in [3.63, 3.8) is 0 Å². The number of benzene rings is 2. The van der Waals surface area contributed by atoms with Gasteiger partial charge in [0.05, 0.1) is 27.9 Å². The van der Waals surface area contributed by atoms with Gasteiger partial charge in [-0.2, -0.15) is 0 Å². The Kier molecular flexibility index (Phi) is 4.18. The van der Waals surface area contributed by atoms with Crippen molar-refractivity contribution in [3.8, 4) is 17.2 Å². The minimum Gasteiger partial charge on any atom is -0.497 e. The lowest BCUT2D eigenvalue weighted by atomic mass is 9.82. The Labute approximate surface area is 136 Å². The number of rotatable bonds is 4. The lowest BCUT2D eigenvalue weighted by Crippen LogP contribution is -2.33. The molecule has 3 rings (SSSR count). The average molecular weight is 314 g/mol. The second-order valence-electron chi connectivity index (χ2n) is 5.72. The summed E-state index contributed by atoms with van der Waals surface area (Å²) in [5.41, 5.74) is 2.92. The summed E-state index contributed by atoms with van der Waals surface area (Å²) in [6, 6.07) is 12.1. The lowest BCUT2D eigenvalue weighted by molar-refractivity contribution is -0.0144. The Balaban J connectivity index is 2.11. The minimum atomic E-state index is -0.514. The summed E-state index contributed by atoms with van der Waals surface area (Å²) in [7, 11) is 4.98. The van der Waals surface area contributed by atoms with Gasteiger partial charge in [-0.05, 0) is 54.3 Å². The topological polar surface area (TPSA) is 36.9 Å². The first kappa shape index (κ1) is 15.7. The fourth-order valence-corrected chi connectivity index (χ4v) is 3.16. The molecular formula is C19H22O4. The van der Waals surface area contributed by atoms with Crippen LogP contribution in [0, 0.1) is 0 Å². The summed E-state index contributed by atoms with van der Waals surface area (Å²) < 4.78 is 22.3. The van der Waals surface area contributed by atoms with Crippen molar-refractivity contribution in [1.29, 1.82) is 0 Å². The molecule has 4 heteroatoms. The van der Waals surface area contributed by atoms with Crippen molar-refractivity contribution in [3.05, 3.63) is 53.1 Å². The molecule has 0 amide bonds. The van der Waals surface area contributed by atoms with Crippen LogP contribution >= 0.6 is 0 Å². The van der Waals surface area contributed by atoms with Gasteiger partial charge in [0.2, 0.25) is 0 Å². The first-order chi connectivity index (χ1) is 11.1. The van der Waals surface area contributed by atoms with Gasteiger partial charge in [0.1, 0.15) is 11.4 Å². The van der Waals surface area contributed by atoms with Crippen LogP contribution in [0.25, 0.3) is 0 Å². The molecular weight excluding hydrogens is 292 g/mol. The molecule has 0 aliphatic carbocycles. The normalized spacial score (nSPS) is 19.8. The molecule has 0 saturated heterocycles. The van der Waals surface area contributed by atoms with Gasteiger partial charge in [-0.1, -0.05) is 12.1 Å². The number of hydrogen-bond donors (Lipinski definition) is 0. The highest BCUT2D eigenvalue weighted by atomic mass is 16.5. The molecule has 0 spiro atoms. The molecule has 2 aromatic rings. The van der Waals surface area contributed by atoms with E-state index in [9.17, 15) is 0 Å². The number of hydrogen-bond acceptors (Lipinski definition) is 4. The van der Waals surface area contributed by atoms with Gasteiger partial charge in [0.15, 0.2) is 11.5 Å². The van der Waals surface area contributed by atoms with Crippen LogP contribution in [0.1, 0.15) is 23.6 Å². The van der Waals surface area contributed by atoms with Crippen LogP contribution in [0.4, 0.5) is 0 Å². The van der Waals surface area contributed by atoms with E-state index in [4.69, 9.17) is 18.9 Å². The van der Waals surface area contributed by atoms with Crippen LogP contribution in [-0.2, 0) is 16.8 Å². The molecule has 1 aliphatic rings. The molecule has 1 atom stereocenters. The molecule has 1 heterocycles. The van der Waals surface area contributed by atoms with E-state index < -0.39 is 5.60 Å². The maximum atomic E-state index is 6.19. The second-order valence-corrected chi connectivity index (χ2v) is 5.72. The maximum Gasteiger partial charge on any atom is 0.161 e. The molecule has 0 saturated carbocycles. The van der Waals surface area contributed by atoms with Gasteiger partial charge in [-0.25, -0.2) is 0 Å². The zero-order valence-corrected chi connectivity index (χ0v) is 14.0. The van der Waals surface area contributed by atoms with Crippen LogP contribution in [0.15, 0.2) is 36.4 Å². The van der Waals surface area contributed by atoms with Crippen molar-refractivity contribution >= 4 is 0 Å². The van der Waals surface area contributed by atoms with E-state index in [1.807, 2.05) is 30.3 Å². The fraction of sp³-hybridized carbons (Fsp3) is 0.368. The molecule has 1 aliphatic heterocycles. The highest BCUT2D eigenvalue weighted by Crippen LogP contribution is 2.43. The van der Waals surface area contributed by atoms with Crippen LogP contribution in [0.5, 0.6) is 17.2 Å². The molecule has 0 radical (unpaired) electrons. The highest BCUT2D eigenvalue weighted by molar-refractivity contribution is 5.53. The number of methoxy groups -OCH3 is 3. The average Bonchev–Trinajstić information content (AvgIpc) is 2.61. The first-order valence-corrected chi connectivity index (χ1v) is 7.66. The highest BCUT2D eigenvalue weighted by Gasteiger charge is 2.36. The Hall–Kier alpha value is -2.20. The number of ether oxygens (including phenoxy) is 4. The van der Waals surface area contributed by atoms with Gasteiger partial charge >= 0.3 is 0 Å². The minimum absolute atomic E-state index is 0.514.